The molecule has 0 unspecified atom stereocenters. The van der Waals surface area contributed by atoms with Crippen LogP contribution in [-0.4, -0.2) is 4.98 Å². The lowest BCUT2D eigenvalue weighted by Crippen LogP contribution is -1.95. The zero-order valence-electron chi connectivity index (χ0n) is 7.26. The van der Waals surface area contributed by atoms with Crippen LogP contribution < -0.4 is 11.5 Å². The summed E-state index contributed by atoms with van der Waals surface area (Å²) in [6.45, 7) is 5.92. The van der Waals surface area contributed by atoms with E-state index in [2.05, 4.69) is 4.98 Å². The maximum atomic E-state index is 5.37. The molecule has 0 saturated heterocycles. The molecule has 0 bridgehead atoms. The molecule has 4 N–H and O–H groups in total. The van der Waals surface area contributed by atoms with Gasteiger partial charge in [0.2, 0.25) is 0 Å². The van der Waals surface area contributed by atoms with Crippen molar-refractivity contribution in [2.75, 3.05) is 11.5 Å². The second-order valence-electron chi connectivity index (χ2n) is 1.99. The Morgan fingerprint density at radius 3 is 1.73 bits per heavy atom. The van der Waals surface area contributed by atoms with Gasteiger partial charge in [-0.15, -0.1) is 0 Å². The number of nitrogens with two attached hydrogens (primary N) is 2. The van der Waals surface area contributed by atoms with Crippen LogP contribution in [0.1, 0.15) is 19.4 Å². The third-order valence-corrected chi connectivity index (χ3v) is 1.01. The number of nitrogens with zero attached hydrogens (tertiary/aromatic N) is 1. The minimum absolute atomic E-state index is 0.479. The van der Waals surface area contributed by atoms with E-state index in [9.17, 15) is 0 Å². The number of anilines is 2. The van der Waals surface area contributed by atoms with E-state index >= 15 is 0 Å². The minimum atomic E-state index is 0.479. The third-order valence-electron chi connectivity index (χ3n) is 1.01. The van der Waals surface area contributed by atoms with Gasteiger partial charge in [-0.2, -0.15) is 0 Å². The number of pyridine rings is 1. The van der Waals surface area contributed by atoms with E-state index in [0.29, 0.717) is 11.6 Å². The van der Waals surface area contributed by atoms with Crippen LogP contribution in [0, 0.1) is 6.92 Å². The summed E-state index contributed by atoms with van der Waals surface area (Å²) in [5.41, 5.74) is 11.8. The first-order valence-corrected chi connectivity index (χ1v) is 3.68. The molecule has 0 aliphatic carbocycles. The number of aryl methyl sites for hydroxylation is 1. The Labute approximate surface area is 67.4 Å². The predicted octanol–water partition coefficient (Wildman–Crippen LogP) is 1.58. The monoisotopic (exact) mass is 153 g/mol. The topological polar surface area (TPSA) is 64.9 Å². The van der Waals surface area contributed by atoms with E-state index in [4.69, 9.17) is 11.5 Å². The van der Waals surface area contributed by atoms with Crippen LogP contribution in [0.5, 0.6) is 0 Å². The van der Waals surface area contributed by atoms with Crippen molar-refractivity contribution in [3.8, 4) is 0 Å². The van der Waals surface area contributed by atoms with Crippen molar-refractivity contribution in [1.82, 2.24) is 4.98 Å². The van der Waals surface area contributed by atoms with Crippen molar-refractivity contribution in [3.63, 3.8) is 0 Å². The van der Waals surface area contributed by atoms with Gasteiger partial charge in [-0.1, -0.05) is 13.8 Å². The molecule has 1 aromatic heterocycles. The van der Waals surface area contributed by atoms with Gasteiger partial charge in [0.15, 0.2) is 0 Å². The quantitative estimate of drug-likeness (QED) is 0.594. The molecule has 0 aliphatic rings. The summed E-state index contributed by atoms with van der Waals surface area (Å²) in [6, 6.07) is 3.55. The first-order valence-electron chi connectivity index (χ1n) is 3.68. The maximum Gasteiger partial charge on any atom is 0.126 e. The van der Waals surface area contributed by atoms with Crippen molar-refractivity contribution < 1.29 is 0 Å². The number of aromatic nitrogens is 1. The highest BCUT2D eigenvalue weighted by Gasteiger charge is 1.90. The van der Waals surface area contributed by atoms with Crippen molar-refractivity contribution in [1.29, 1.82) is 0 Å². The summed E-state index contributed by atoms with van der Waals surface area (Å²) < 4.78 is 0. The molecule has 0 spiro atoms. The van der Waals surface area contributed by atoms with Crippen LogP contribution in [0.25, 0.3) is 0 Å². The van der Waals surface area contributed by atoms with Gasteiger partial charge < -0.3 is 11.5 Å². The number of hydrogen-bond acceptors (Lipinski definition) is 3. The summed E-state index contributed by atoms with van der Waals surface area (Å²) in [5.74, 6) is 0.958. The zero-order chi connectivity index (χ0) is 8.85. The molecule has 1 rings (SSSR count). The standard InChI is InChI=1S/C6H9N3.C2H6/c1-4-2-5(7)9-6(8)3-4;1-2/h2-3H,1H3,(H4,7,8,9);1-2H3. The van der Waals surface area contributed by atoms with Gasteiger partial charge >= 0.3 is 0 Å². The third kappa shape index (κ3) is 3.45. The highest BCUT2D eigenvalue weighted by molar-refractivity contribution is 5.42. The fourth-order valence-corrected chi connectivity index (χ4v) is 0.722. The molecule has 3 nitrogen and oxygen atoms in total. The van der Waals surface area contributed by atoms with Gasteiger partial charge in [-0.05, 0) is 24.6 Å². The lowest BCUT2D eigenvalue weighted by atomic mass is 10.3. The van der Waals surface area contributed by atoms with Crippen LogP contribution in [-0.2, 0) is 0 Å². The van der Waals surface area contributed by atoms with Crippen LogP contribution in [0.15, 0.2) is 12.1 Å². The van der Waals surface area contributed by atoms with Crippen molar-refractivity contribution in [2.45, 2.75) is 20.8 Å². The van der Waals surface area contributed by atoms with Crippen LogP contribution in [0.3, 0.4) is 0 Å². The highest BCUT2D eigenvalue weighted by Crippen LogP contribution is 2.06. The summed E-state index contributed by atoms with van der Waals surface area (Å²) in [6.07, 6.45) is 0. The summed E-state index contributed by atoms with van der Waals surface area (Å²) in [5, 5.41) is 0. The Kier molecular flexibility index (Phi) is 4.03. The van der Waals surface area contributed by atoms with Gasteiger partial charge in [0.1, 0.15) is 11.6 Å². The molecule has 1 heterocycles. The highest BCUT2D eigenvalue weighted by atomic mass is 14.9. The van der Waals surface area contributed by atoms with E-state index < -0.39 is 0 Å². The molecule has 0 atom stereocenters. The van der Waals surface area contributed by atoms with Crippen LogP contribution in [0.4, 0.5) is 11.6 Å². The lowest BCUT2D eigenvalue weighted by Gasteiger charge is -1.95. The zero-order valence-corrected chi connectivity index (χ0v) is 7.26. The minimum Gasteiger partial charge on any atom is -0.384 e. The van der Waals surface area contributed by atoms with E-state index in [1.54, 1.807) is 12.1 Å². The normalized spacial score (nSPS) is 8.27. The summed E-state index contributed by atoms with van der Waals surface area (Å²) in [4.78, 5) is 3.79. The molecular formula is C8H15N3. The fourth-order valence-electron chi connectivity index (χ4n) is 0.722. The molecule has 1 aromatic rings. The lowest BCUT2D eigenvalue weighted by molar-refractivity contribution is 1.30. The second kappa shape index (κ2) is 4.55. The first kappa shape index (κ1) is 9.75. The van der Waals surface area contributed by atoms with Crippen LogP contribution in [0.2, 0.25) is 0 Å². The molecular weight excluding hydrogens is 138 g/mol. The molecule has 3 heteroatoms. The predicted molar refractivity (Wildman–Crippen MR) is 49.1 cm³/mol. The van der Waals surface area contributed by atoms with E-state index in [0.717, 1.165) is 5.56 Å². The van der Waals surface area contributed by atoms with Crippen molar-refractivity contribution >= 4 is 11.6 Å². The van der Waals surface area contributed by atoms with Gasteiger partial charge in [0.05, 0.1) is 0 Å². The van der Waals surface area contributed by atoms with Gasteiger partial charge in [-0.25, -0.2) is 4.98 Å². The van der Waals surface area contributed by atoms with Gasteiger partial charge in [0, 0.05) is 0 Å². The smallest absolute Gasteiger partial charge is 0.126 e. The Bertz CT molecular complexity index is 170. The van der Waals surface area contributed by atoms with Crippen LogP contribution >= 0.6 is 0 Å². The number of rotatable bonds is 0. The molecule has 0 aliphatic heterocycles. The molecule has 0 aromatic carbocycles. The molecule has 11 heavy (non-hydrogen) atoms. The summed E-state index contributed by atoms with van der Waals surface area (Å²) in [7, 11) is 0. The molecule has 0 amide bonds. The Balaban J connectivity index is 0.000000461. The molecule has 0 saturated carbocycles. The Morgan fingerprint density at radius 1 is 1.09 bits per heavy atom. The van der Waals surface area contributed by atoms with Crippen molar-refractivity contribution in [3.05, 3.63) is 17.7 Å². The Morgan fingerprint density at radius 2 is 1.45 bits per heavy atom. The van der Waals surface area contributed by atoms with Crippen molar-refractivity contribution in [2.24, 2.45) is 0 Å². The SMILES string of the molecule is CC.Cc1cc(N)nc(N)c1. The van der Waals surface area contributed by atoms with E-state index in [1.165, 1.54) is 0 Å². The number of hydrogen-bond donors (Lipinski definition) is 2. The summed E-state index contributed by atoms with van der Waals surface area (Å²) >= 11 is 0. The molecule has 0 fully saturated rings. The Hall–Kier alpha value is -1.25. The number of nitrogen functional groups attached to an aromatic ring is 2. The average molecular weight is 153 g/mol. The van der Waals surface area contributed by atoms with Gasteiger partial charge in [0.25, 0.3) is 0 Å². The largest absolute Gasteiger partial charge is 0.384 e. The second-order valence-corrected chi connectivity index (χ2v) is 1.99. The molecule has 62 valence electrons. The maximum absolute atomic E-state index is 5.37. The van der Waals surface area contributed by atoms with E-state index in [1.807, 2.05) is 20.8 Å². The first-order chi connectivity index (χ1) is 5.18. The fraction of sp³-hybridized carbons (Fsp3) is 0.375. The molecule has 0 radical (unpaired) electrons. The van der Waals surface area contributed by atoms with E-state index in [-0.39, 0.29) is 0 Å². The average Bonchev–Trinajstić information content (AvgIpc) is 1.88. The van der Waals surface area contributed by atoms with Gasteiger partial charge in [-0.3, -0.25) is 0 Å².